The molecule has 0 saturated heterocycles. The summed E-state index contributed by atoms with van der Waals surface area (Å²) in [6.45, 7) is 4.30. The number of carbonyl (C=O) groups is 2. The maximum Gasteiger partial charge on any atom is 0.251 e. The molecule has 0 fully saturated rings. The number of allylic oxidation sites excluding steroid dienone is 1. The first-order valence-corrected chi connectivity index (χ1v) is 13.7. The zero-order chi connectivity index (χ0) is 26.4. The molecule has 4 rings (SSSR count). The highest BCUT2D eigenvalue weighted by Gasteiger charge is 2.16. The summed E-state index contributed by atoms with van der Waals surface area (Å²) in [5.41, 5.74) is 2.03. The maximum atomic E-state index is 12.5. The van der Waals surface area contributed by atoms with E-state index in [0.717, 1.165) is 11.3 Å². The topological polar surface area (TPSA) is 102 Å². The molecule has 2 heterocycles. The van der Waals surface area contributed by atoms with E-state index < -0.39 is 0 Å². The summed E-state index contributed by atoms with van der Waals surface area (Å²) in [6.07, 6.45) is 1.69. The van der Waals surface area contributed by atoms with Crippen molar-refractivity contribution in [3.8, 4) is 11.3 Å². The summed E-state index contributed by atoms with van der Waals surface area (Å²) in [4.78, 5) is 29.5. The Morgan fingerprint density at radius 2 is 1.86 bits per heavy atom. The SMILES string of the molecule is C=CCn1c(CNC(=O)c2ccc(Cl)c(Cl)c2)nnc1SCC(=O)Nc1nc(-c2ccc(Cl)cc2)cs1. The van der Waals surface area contributed by atoms with E-state index >= 15 is 0 Å². The molecule has 37 heavy (non-hydrogen) atoms. The van der Waals surface area contributed by atoms with Crippen molar-refractivity contribution in [1.82, 2.24) is 25.1 Å². The second kappa shape index (κ2) is 12.6. The van der Waals surface area contributed by atoms with Gasteiger partial charge in [-0.1, -0.05) is 64.8 Å². The van der Waals surface area contributed by atoms with Gasteiger partial charge in [0.05, 0.1) is 28.0 Å². The number of carbonyl (C=O) groups excluding carboxylic acids is 2. The Morgan fingerprint density at radius 3 is 2.59 bits per heavy atom. The largest absolute Gasteiger partial charge is 0.345 e. The molecule has 2 aromatic carbocycles. The molecule has 13 heteroatoms. The third kappa shape index (κ3) is 7.12. The summed E-state index contributed by atoms with van der Waals surface area (Å²) < 4.78 is 1.78. The van der Waals surface area contributed by atoms with Crippen LogP contribution >= 0.6 is 57.9 Å². The number of thiazole rings is 1. The molecule has 0 aliphatic heterocycles. The standard InChI is InChI=1S/C24H19Cl3N6O2S2/c1-2-9-33-20(11-28-22(35)15-5-8-17(26)18(27)10-15)31-32-24(33)37-13-21(34)30-23-29-19(12-36-23)14-3-6-16(25)7-4-14/h2-8,10,12H,1,9,11,13H2,(H,28,35)(H,29,30,34). The van der Waals surface area contributed by atoms with Gasteiger partial charge in [-0.05, 0) is 30.3 Å². The molecular formula is C24H19Cl3N6O2S2. The van der Waals surface area contributed by atoms with Crippen LogP contribution in [0.1, 0.15) is 16.2 Å². The van der Waals surface area contributed by atoms with Gasteiger partial charge in [0.25, 0.3) is 5.91 Å². The molecule has 8 nitrogen and oxygen atoms in total. The van der Waals surface area contributed by atoms with Gasteiger partial charge < -0.3 is 15.2 Å². The molecule has 0 bridgehead atoms. The molecule has 2 amide bonds. The van der Waals surface area contributed by atoms with E-state index in [9.17, 15) is 9.59 Å². The van der Waals surface area contributed by atoms with Crippen molar-refractivity contribution in [2.24, 2.45) is 0 Å². The normalized spacial score (nSPS) is 10.8. The Morgan fingerprint density at radius 1 is 1.08 bits per heavy atom. The third-order valence-electron chi connectivity index (χ3n) is 4.92. The number of hydrogen-bond donors (Lipinski definition) is 2. The first kappa shape index (κ1) is 27.2. The van der Waals surface area contributed by atoms with Gasteiger partial charge in [0.15, 0.2) is 16.1 Å². The summed E-state index contributed by atoms with van der Waals surface area (Å²) in [6, 6.07) is 12.0. The number of aromatic nitrogens is 4. The van der Waals surface area contributed by atoms with Gasteiger partial charge in [-0.25, -0.2) is 4.98 Å². The van der Waals surface area contributed by atoms with Gasteiger partial charge in [-0.3, -0.25) is 9.59 Å². The van der Waals surface area contributed by atoms with E-state index in [1.165, 1.54) is 29.2 Å². The van der Waals surface area contributed by atoms with E-state index in [2.05, 4.69) is 32.4 Å². The van der Waals surface area contributed by atoms with Crippen molar-refractivity contribution in [2.75, 3.05) is 11.1 Å². The van der Waals surface area contributed by atoms with Crippen LogP contribution in [0.2, 0.25) is 15.1 Å². The average molecular weight is 594 g/mol. The highest BCUT2D eigenvalue weighted by Crippen LogP contribution is 2.27. The summed E-state index contributed by atoms with van der Waals surface area (Å²) in [7, 11) is 0. The number of halogens is 3. The maximum absolute atomic E-state index is 12.5. The lowest BCUT2D eigenvalue weighted by molar-refractivity contribution is -0.113. The van der Waals surface area contributed by atoms with Crippen molar-refractivity contribution >= 4 is 74.8 Å². The fraction of sp³-hybridized carbons (Fsp3) is 0.125. The van der Waals surface area contributed by atoms with Crippen molar-refractivity contribution in [2.45, 2.75) is 18.2 Å². The summed E-state index contributed by atoms with van der Waals surface area (Å²) in [5, 5.41) is 18.1. The molecule has 2 N–H and O–H groups in total. The van der Waals surface area contributed by atoms with E-state index in [4.69, 9.17) is 34.8 Å². The van der Waals surface area contributed by atoms with Crippen LogP contribution in [-0.2, 0) is 17.9 Å². The van der Waals surface area contributed by atoms with E-state index in [1.54, 1.807) is 34.9 Å². The molecule has 190 valence electrons. The van der Waals surface area contributed by atoms with Crippen LogP contribution in [0, 0.1) is 0 Å². The number of rotatable bonds is 10. The number of benzene rings is 2. The molecule has 2 aromatic heterocycles. The molecule has 0 unspecified atom stereocenters. The van der Waals surface area contributed by atoms with E-state index in [1.807, 2.05) is 17.5 Å². The van der Waals surface area contributed by atoms with Crippen LogP contribution in [0.25, 0.3) is 11.3 Å². The summed E-state index contributed by atoms with van der Waals surface area (Å²) in [5.74, 6) is 0.0518. The fourth-order valence-corrected chi connectivity index (χ4v) is 5.06. The molecular weight excluding hydrogens is 575 g/mol. The highest BCUT2D eigenvalue weighted by atomic mass is 35.5. The Hall–Kier alpha value is -2.89. The number of thioether (sulfide) groups is 1. The Labute approximate surface area is 236 Å². The minimum atomic E-state index is -0.332. The monoisotopic (exact) mass is 592 g/mol. The zero-order valence-corrected chi connectivity index (χ0v) is 23.0. The lowest BCUT2D eigenvalue weighted by Gasteiger charge is -2.09. The van der Waals surface area contributed by atoms with Gasteiger partial charge >= 0.3 is 0 Å². The predicted molar refractivity (Wildman–Crippen MR) is 150 cm³/mol. The smallest absolute Gasteiger partial charge is 0.251 e. The molecule has 0 spiro atoms. The first-order valence-electron chi connectivity index (χ1n) is 10.7. The van der Waals surface area contributed by atoms with Gasteiger partial charge in [-0.2, -0.15) is 0 Å². The van der Waals surface area contributed by atoms with E-state index in [-0.39, 0.29) is 24.1 Å². The van der Waals surface area contributed by atoms with Crippen LogP contribution in [0.4, 0.5) is 5.13 Å². The minimum absolute atomic E-state index is 0.0980. The van der Waals surface area contributed by atoms with Crippen molar-refractivity contribution in [3.63, 3.8) is 0 Å². The van der Waals surface area contributed by atoms with Crippen LogP contribution in [0.3, 0.4) is 0 Å². The van der Waals surface area contributed by atoms with Crippen molar-refractivity contribution in [1.29, 1.82) is 0 Å². The average Bonchev–Trinajstić information content (AvgIpc) is 3.50. The van der Waals surface area contributed by atoms with Crippen molar-refractivity contribution < 1.29 is 9.59 Å². The van der Waals surface area contributed by atoms with Crippen molar-refractivity contribution in [3.05, 3.63) is 87.0 Å². The van der Waals surface area contributed by atoms with E-state index in [0.29, 0.717) is 43.3 Å². The minimum Gasteiger partial charge on any atom is -0.345 e. The van der Waals surface area contributed by atoms with Gasteiger partial charge in [0.1, 0.15) is 0 Å². The van der Waals surface area contributed by atoms with Gasteiger partial charge in [0.2, 0.25) is 5.91 Å². The van der Waals surface area contributed by atoms with Crippen LogP contribution < -0.4 is 10.6 Å². The second-order valence-corrected chi connectivity index (χ2v) is 10.5. The van der Waals surface area contributed by atoms with Crippen LogP contribution in [-0.4, -0.2) is 37.3 Å². The molecule has 4 aromatic rings. The molecule has 0 aliphatic carbocycles. The number of nitrogens with one attached hydrogen (secondary N) is 2. The lowest BCUT2D eigenvalue weighted by Crippen LogP contribution is -2.25. The number of anilines is 1. The Balaban J connectivity index is 1.34. The second-order valence-electron chi connectivity index (χ2n) is 7.49. The molecule has 0 saturated carbocycles. The fourth-order valence-electron chi connectivity index (χ4n) is 3.14. The van der Waals surface area contributed by atoms with Gasteiger partial charge in [-0.15, -0.1) is 28.1 Å². The van der Waals surface area contributed by atoms with Crippen LogP contribution in [0.5, 0.6) is 0 Å². The molecule has 0 aliphatic rings. The zero-order valence-electron chi connectivity index (χ0n) is 19.1. The van der Waals surface area contributed by atoms with Gasteiger partial charge in [0, 0.05) is 28.1 Å². The predicted octanol–water partition coefficient (Wildman–Crippen LogP) is 6.21. The quantitative estimate of drug-likeness (QED) is 0.167. The lowest BCUT2D eigenvalue weighted by atomic mass is 10.2. The van der Waals surface area contributed by atoms with Crippen LogP contribution in [0.15, 0.2) is 65.7 Å². The Bertz CT molecular complexity index is 1440. The number of nitrogens with zero attached hydrogens (tertiary/aromatic N) is 4. The highest BCUT2D eigenvalue weighted by molar-refractivity contribution is 7.99. The molecule has 0 atom stereocenters. The number of hydrogen-bond acceptors (Lipinski definition) is 7. The summed E-state index contributed by atoms with van der Waals surface area (Å²) >= 11 is 20.4. The number of amides is 2. The molecule has 0 radical (unpaired) electrons. The third-order valence-corrected chi connectivity index (χ3v) is 7.63. The first-order chi connectivity index (χ1) is 17.8. The Kier molecular flexibility index (Phi) is 9.23.